The third-order valence-electron chi connectivity index (χ3n) is 6.15. The fourth-order valence-electron chi connectivity index (χ4n) is 4.11. The number of aromatic nitrogens is 4. The van der Waals surface area contributed by atoms with Gasteiger partial charge in [0, 0.05) is 24.5 Å². The van der Waals surface area contributed by atoms with Crippen molar-refractivity contribution in [3.8, 4) is 0 Å². The third-order valence-corrected chi connectivity index (χ3v) is 10.4. The Hall–Kier alpha value is -2.37. The van der Waals surface area contributed by atoms with E-state index in [1.807, 2.05) is 9.97 Å². The number of rotatable bonds is 12. The first-order valence-electron chi connectivity index (χ1n) is 12.2. The van der Waals surface area contributed by atoms with Crippen molar-refractivity contribution in [2.45, 2.75) is 49.1 Å². The van der Waals surface area contributed by atoms with Crippen LogP contribution in [-0.2, 0) is 40.8 Å². The third kappa shape index (κ3) is 8.52. The van der Waals surface area contributed by atoms with Crippen molar-refractivity contribution in [1.82, 2.24) is 19.1 Å². The van der Waals surface area contributed by atoms with Crippen LogP contribution < -0.4 is 32.3 Å². The Kier molecular flexibility index (Phi) is 10.6. The van der Waals surface area contributed by atoms with E-state index in [0.717, 1.165) is 24.5 Å². The van der Waals surface area contributed by atoms with Gasteiger partial charge in [0.1, 0.15) is 36.6 Å². The number of nitrogens with zero attached hydrogens (tertiary/aromatic N) is 2. The molecule has 0 bridgehead atoms. The van der Waals surface area contributed by atoms with Gasteiger partial charge in [0.05, 0.1) is 20.7 Å². The van der Waals surface area contributed by atoms with E-state index in [9.17, 15) is 63.1 Å². The highest BCUT2D eigenvalue weighted by Crippen LogP contribution is 2.64. The first kappa shape index (κ1) is 35.5. The summed E-state index contributed by atoms with van der Waals surface area (Å²) < 4.78 is 65.1. The molecule has 4 rings (SSSR count). The lowest BCUT2D eigenvalue weighted by Gasteiger charge is -2.36. The summed E-state index contributed by atoms with van der Waals surface area (Å²) in [4.78, 5) is 74.3. The highest BCUT2D eigenvalue weighted by molar-refractivity contribution is 7.84. The lowest BCUT2D eigenvalue weighted by molar-refractivity contribution is -0.241. The molecule has 3 radical (unpaired) electrons. The molecule has 0 spiro atoms. The average molecular weight is 702 g/mol. The maximum atomic E-state index is 12.4. The molecule has 2 fully saturated rings. The normalized spacial score (nSPS) is 32.5. The summed E-state index contributed by atoms with van der Waals surface area (Å²) in [6, 6.07) is 1.79. The molecular formula is C18H22BN4O19P3-3. The van der Waals surface area contributed by atoms with Gasteiger partial charge in [-0.05, 0) is 0 Å². The number of aliphatic hydroxyl groups is 4. The van der Waals surface area contributed by atoms with E-state index in [2.05, 4.69) is 17.7 Å². The second kappa shape index (κ2) is 13.4. The van der Waals surface area contributed by atoms with Crippen molar-refractivity contribution in [3.05, 3.63) is 66.2 Å². The molecule has 2 saturated heterocycles. The zero-order chi connectivity index (χ0) is 33.5. The second-order valence-electron chi connectivity index (χ2n) is 9.32. The summed E-state index contributed by atoms with van der Waals surface area (Å²) in [5.74, 6) is 0. The second-order valence-corrected chi connectivity index (χ2v) is 14.0. The van der Waals surface area contributed by atoms with Gasteiger partial charge in [0.15, 0.2) is 12.5 Å². The molecule has 0 aromatic carbocycles. The molecule has 3 unspecified atom stereocenters. The van der Waals surface area contributed by atoms with Crippen LogP contribution in [0.5, 0.6) is 0 Å². The number of hydrogen-bond acceptors (Lipinski definition) is 19. The fraction of sp³-hybridized carbons (Fsp3) is 0.556. The minimum Gasteiger partial charge on any atom is -0.756 e. The fourth-order valence-corrected chi connectivity index (χ4v) is 7.66. The monoisotopic (exact) mass is 702 g/mol. The van der Waals surface area contributed by atoms with Gasteiger partial charge in [-0.3, -0.25) is 42.1 Å². The molecule has 2 aromatic heterocycles. The van der Waals surface area contributed by atoms with E-state index in [1.54, 1.807) is 0 Å². The van der Waals surface area contributed by atoms with Crippen LogP contribution in [0, 0.1) is 0 Å². The lowest BCUT2D eigenvalue weighted by Crippen LogP contribution is -2.37. The minimum absolute atomic E-state index is 0.668. The molecule has 11 atom stereocenters. The number of aliphatic hydroxyl groups excluding tert-OH is 4. The van der Waals surface area contributed by atoms with Crippen molar-refractivity contribution in [2.24, 2.45) is 0 Å². The molecule has 249 valence electrons. The van der Waals surface area contributed by atoms with Crippen LogP contribution in [0.1, 0.15) is 12.5 Å². The van der Waals surface area contributed by atoms with Gasteiger partial charge in [-0.2, -0.15) is 0 Å². The van der Waals surface area contributed by atoms with Crippen LogP contribution in [-0.4, -0.2) is 96.9 Å². The Balaban J connectivity index is 1.31. The molecule has 0 amide bonds. The van der Waals surface area contributed by atoms with Gasteiger partial charge in [-0.1, -0.05) is 0 Å². The zero-order valence-electron chi connectivity index (χ0n) is 22.1. The zero-order valence-corrected chi connectivity index (χ0v) is 24.8. The molecule has 45 heavy (non-hydrogen) atoms. The maximum Gasteiger partial charge on any atom is 0.330 e. The number of nitrogens with one attached hydrogen (secondary N) is 2. The predicted molar refractivity (Wildman–Crippen MR) is 137 cm³/mol. The van der Waals surface area contributed by atoms with Gasteiger partial charge in [-0.25, -0.2) is 13.9 Å². The molecule has 0 saturated carbocycles. The van der Waals surface area contributed by atoms with E-state index < -0.39 is 108 Å². The van der Waals surface area contributed by atoms with E-state index in [0.29, 0.717) is 9.13 Å². The van der Waals surface area contributed by atoms with Crippen molar-refractivity contribution in [1.29, 1.82) is 0 Å². The van der Waals surface area contributed by atoms with E-state index in [4.69, 9.17) is 17.0 Å². The molecule has 2 aliphatic heterocycles. The Morgan fingerprint density at radius 1 is 0.733 bits per heavy atom. The molecule has 2 aliphatic rings. The quantitative estimate of drug-likeness (QED) is 0.0888. The Labute approximate surface area is 249 Å². The molecule has 2 aromatic rings. The molecular weight excluding hydrogens is 680 g/mol. The van der Waals surface area contributed by atoms with E-state index in [1.165, 1.54) is 0 Å². The average Bonchev–Trinajstić information content (AvgIpc) is 3.35. The van der Waals surface area contributed by atoms with Gasteiger partial charge in [-0.15, -0.1) is 0 Å². The number of aromatic amines is 2. The van der Waals surface area contributed by atoms with E-state index in [-0.39, 0.29) is 0 Å². The van der Waals surface area contributed by atoms with Gasteiger partial charge < -0.3 is 60.9 Å². The topological polar surface area (TPSA) is 343 Å². The molecule has 6 N–H and O–H groups in total. The Morgan fingerprint density at radius 3 is 1.58 bits per heavy atom. The number of phosphoric acid groups is 2. The Morgan fingerprint density at radius 2 is 1.16 bits per heavy atom. The first-order valence-corrected chi connectivity index (χ1v) is 16.7. The summed E-state index contributed by atoms with van der Waals surface area (Å²) in [7, 11) is -12.2. The summed E-state index contributed by atoms with van der Waals surface area (Å²) in [5.41, 5.74) is -3.65. The van der Waals surface area contributed by atoms with Crippen LogP contribution >= 0.6 is 23.1 Å². The van der Waals surface area contributed by atoms with Crippen molar-refractivity contribution in [2.75, 3.05) is 13.2 Å². The smallest absolute Gasteiger partial charge is 0.330 e. The summed E-state index contributed by atoms with van der Waals surface area (Å²) in [6.07, 6.45) is -12.1. The van der Waals surface area contributed by atoms with Crippen molar-refractivity contribution < 1.29 is 71.1 Å². The maximum absolute atomic E-state index is 12.4. The summed E-state index contributed by atoms with van der Waals surface area (Å²) >= 11 is 0. The van der Waals surface area contributed by atoms with Gasteiger partial charge >= 0.3 is 11.4 Å². The Bertz CT molecular complexity index is 1650. The SMILES string of the molecule is [B-]P(=O)(OC[C@H]1O[C@@H](n2ccc(=O)[nH]c2=O)[C@H](O)[C@@H]1O)OP(=O)([O-])OP(=O)([O-])OC[C@H]1O[C@@H](n2ccc(=O)[nH]c2=O)[C@H](O)[C@@H]1O. The largest absolute Gasteiger partial charge is 0.756 e. The number of ether oxygens (including phenoxy) is 2. The summed E-state index contributed by atoms with van der Waals surface area (Å²) in [6.45, 7) is -2.24. The highest BCUT2D eigenvalue weighted by atomic mass is 31.3. The van der Waals surface area contributed by atoms with E-state index >= 15 is 0 Å². The van der Waals surface area contributed by atoms with Crippen LogP contribution in [0.15, 0.2) is 43.7 Å². The van der Waals surface area contributed by atoms with Crippen LogP contribution in [0.25, 0.3) is 0 Å². The molecule has 27 heteroatoms. The van der Waals surface area contributed by atoms with Gasteiger partial charge in [0.25, 0.3) is 26.8 Å². The lowest BCUT2D eigenvalue weighted by atomic mass is 10.1. The predicted octanol–water partition coefficient (Wildman–Crippen LogP) is -5.39. The van der Waals surface area contributed by atoms with Crippen LogP contribution in [0.4, 0.5) is 0 Å². The molecule has 4 heterocycles. The van der Waals surface area contributed by atoms with Gasteiger partial charge in [0.2, 0.25) is 0 Å². The number of phosphoric ester groups is 1. The highest BCUT2D eigenvalue weighted by Gasteiger charge is 2.46. The summed E-state index contributed by atoms with van der Waals surface area (Å²) in [5, 5.41) is 40.7. The van der Waals surface area contributed by atoms with Crippen molar-refractivity contribution in [3.63, 3.8) is 0 Å². The molecule has 23 nitrogen and oxygen atoms in total. The number of hydrogen-bond donors (Lipinski definition) is 6. The standard InChI is InChI=1S/C18H24BN4O19P3/c19-43(32,37-5-7-11(26)13(28)15(39-7)22-3-1-9(24)20-17(22)30)41-45(35,36)42-44(33,34)38-6-8-12(27)14(29)16(40-8)23-4-2-10(25)21-18(23)31/h1-4,7-8,11-16,26-29H,5-6H2,(H,33,34)(H,35,36)(H,20,24,30)(H,21,25,31)/q-1/p-2/t7-,8-,11-,12-,13-,14-,15-,16-,43?/m1/s1. The van der Waals surface area contributed by atoms with Crippen molar-refractivity contribution >= 4 is 30.7 Å². The minimum atomic E-state index is -6.18. The molecule has 0 aliphatic carbocycles. The van der Waals surface area contributed by atoms with Crippen LogP contribution in [0.2, 0.25) is 0 Å². The first-order chi connectivity index (χ1) is 20.8. The number of H-pyrrole nitrogens is 2. The van der Waals surface area contributed by atoms with Crippen LogP contribution in [0.3, 0.4) is 0 Å².